The third kappa shape index (κ3) is 4.23. The topological polar surface area (TPSA) is 64.4 Å². The van der Waals surface area contributed by atoms with Gasteiger partial charge in [0.15, 0.2) is 5.16 Å². The second-order valence-corrected chi connectivity index (χ2v) is 10.1. The number of aryl methyl sites for hydroxylation is 2. The van der Waals surface area contributed by atoms with E-state index in [0.717, 1.165) is 46.5 Å². The van der Waals surface area contributed by atoms with Crippen LogP contribution in [0.25, 0.3) is 15.9 Å². The first-order valence-corrected chi connectivity index (χ1v) is 13.1. The van der Waals surface area contributed by atoms with Crippen molar-refractivity contribution in [1.82, 2.24) is 9.55 Å². The monoisotopic (exact) mass is 491 g/mol. The third-order valence-corrected chi connectivity index (χ3v) is 8.07. The minimum absolute atomic E-state index is 0.0579. The van der Waals surface area contributed by atoms with Crippen LogP contribution in [0.1, 0.15) is 23.8 Å². The number of thiophene rings is 1. The number of rotatable bonds is 7. The highest BCUT2D eigenvalue weighted by atomic mass is 32.2. The first-order valence-electron chi connectivity index (χ1n) is 11.3. The number of nitrogens with zero attached hydrogens (tertiary/aromatic N) is 3. The standard InChI is InChI=1S/C26H25N3O3S2/c1-3-32-19-14-12-18(13-15-19)29-25(31)23-20-10-7-11-21(20)34-24(23)27-26(29)33-16-22(30)28(2)17-8-5-4-6-9-17/h4-6,8-9,12-15H,3,7,10-11,16H2,1-2H3. The Balaban J connectivity index is 1.53. The lowest BCUT2D eigenvalue weighted by Gasteiger charge is -2.18. The molecule has 1 amide bonds. The summed E-state index contributed by atoms with van der Waals surface area (Å²) in [5.74, 6) is 0.863. The van der Waals surface area contributed by atoms with Gasteiger partial charge in [-0.05, 0) is 68.1 Å². The number of amides is 1. The molecular weight excluding hydrogens is 466 g/mol. The summed E-state index contributed by atoms with van der Waals surface area (Å²) < 4.78 is 7.21. The summed E-state index contributed by atoms with van der Waals surface area (Å²) in [6, 6.07) is 17.0. The van der Waals surface area contributed by atoms with Crippen LogP contribution in [-0.2, 0) is 17.6 Å². The van der Waals surface area contributed by atoms with Crippen LogP contribution in [-0.4, -0.2) is 34.9 Å². The zero-order chi connectivity index (χ0) is 23.7. The number of fused-ring (bicyclic) bond motifs is 3. The summed E-state index contributed by atoms with van der Waals surface area (Å²) in [4.78, 5) is 35.2. The van der Waals surface area contributed by atoms with E-state index >= 15 is 0 Å². The first kappa shape index (κ1) is 22.7. The van der Waals surface area contributed by atoms with Crippen molar-refractivity contribution < 1.29 is 9.53 Å². The van der Waals surface area contributed by atoms with E-state index in [1.807, 2.05) is 61.5 Å². The van der Waals surface area contributed by atoms with Crippen LogP contribution in [0.4, 0.5) is 5.69 Å². The molecule has 174 valence electrons. The molecule has 5 rings (SSSR count). The molecule has 2 aromatic heterocycles. The largest absolute Gasteiger partial charge is 0.494 e. The van der Waals surface area contributed by atoms with E-state index in [9.17, 15) is 9.59 Å². The molecule has 0 bridgehead atoms. The van der Waals surface area contributed by atoms with Gasteiger partial charge in [-0.3, -0.25) is 14.2 Å². The van der Waals surface area contributed by atoms with Gasteiger partial charge in [0.25, 0.3) is 5.56 Å². The van der Waals surface area contributed by atoms with Crippen LogP contribution in [0.5, 0.6) is 5.75 Å². The van der Waals surface area contributed by atoms with Crippen LogP contribution >= 0.6 is 23.1 Å². The summed E-state index contributed by atoms with van der Waals surface area (Å²) >= 11 is 2.91. The highest BCUT2D eigenvalue weighted by molar-refractivity contribution is 7.99. The lowest BCUT2D eigenvalue weighted by Crippen LogP contribution is -2.28. The summed E-state index contributed by atoms with van der Waals surface area (Å²) in [5.41, 5.74) is 2.62. The van der Waals surface area contributed by atoms with E-state index in [4.69, 9.17) is 9.72 Å². The third-order valence-electron chi connectivity index (χ3n) is 5.96. The van der Waals surface area contributed by atoms with Crippen molar-refractivity contribution in [3.63, 3.8) is 0 Å². The Labute approximate surface area is 206 Å². The zero-order valence-corrected chi connectivity index (χ0v) is 20.7. The summed E-state index contributed by atoms with van der Waals surface area (Å²) in [5, 5.41) is 1.25. The lowest BCUT2D eigenvalue weighted by atomic mass is 10.2. The predicted octanol–water partition coefficient (Wildman–Crippen LogP) is 5.09. The summed E-state index contributed by atoms with van der Waals surface area (Å²) in [6.07, 6.45) is 3.00. The number of carbonyl (C=O) groups excluding carboxylic acids is 1. The zero-order valence-electron chi connectivity index (χ0n) is 19.1. The van der Waals surface area contributed by atoms with E-state index in [-0.39, 0.29) is 17.2 Å². The molecule has 1 aliphatic carbocycles. The fourth-order valence-electron chi connectivity index (χ4n) is 4.23. The fourth-order valence-corrected chi connectivity index (χ4v) is 6.46. The van der Waals surface area contributed by atoms with Crippen LogP contribution in [0.15, 0.2) is 64.5 Å². The fraction of sp³-hybridized carbons (Fsp3) is 0.269. The molecule has 1 aliphatic rings. The van der Waals surface area contributed by atoms with Crippen molar-refractivity contribution in [2.45, 2.75) is 31.3 Å². The average Bonchev–Trinajstić information content (AvgIpc) is 3.45. The number of carbonyl (C=O) groups is 1. The van der Waals surface area contributed by atoms with Crippen molar-refractivity contribution in [3.05, 3.63) is 75.4 Å². The normalized spacial score (nSPS) is 12.6. The second-order valence-electron chi connectivity index (χ2n) is 8.08. The highest BCUT2D eigenvalue weighted by Crippen LogP contribution is 2.36. The number of anilines is 1. The van der Waals surface area contributed by atoms with Gasteiger partial charge in [0.1, 0.15) is 10.6 Å². The van der Waals surface area contributed by atoms with Gasteiger partial charge in [-0.1, -0.05) is 30.0 Å². The number of thioether (sulfide) groups is 1. The molecule has 6 nitrogen and oxygen atoms in total. The predicted molar refractivity (Wildman–Crippen MR) is 139 cm³/mol. The summed E-state index contributed by atoms with van der Waals surface area (Å²) in [7, 11) is 1.76. The van der Waals surface area contributed by atoms with Crippen LogP contribution < -0.4 is 15.2 Å². The Bertz CT molecular complexity index is 1400. The second kappa shape index (κ2) is 9.64. The molecule has 0 aliphatic heterocycles. The maximum absolute atomic E-state index is 13.8. The Morgan fingerprint density at radius 2 is 1.91 bits per heavy atom. The quantitative estimate of drug-likeness (QED) is 0.266. The number of benzene rings is 2. The molecule has 0 fully saturated rings. The number of aromatic nitrogens is 2. The van der Waals surface area contributed by atoms with E-state index in [0.29, 0.717) is 17.5 Å². The average molecular weight is 492 g/mol. The highest BCUT2D eigenvalue weighted by Gasteiger charge is 2.24. The molecule has 0 saturated carbocycles. The molecule has 0 radical (unpaired) electrons. The van der Waals surface area contributed by atoms with Crippen molar-refractivity contribution in [2.75, 3.05) is 24.3 Å². The Kier molecular flexibility index (Phi) is 6.43. The number of hydrogen-bond donors (Lipinski definition) is 0. The molecule has 34 heavy (non-hydrogen) atoms. The number of ether oxygens (including phenoxy) is 1. The van der Waals surface area contributed by atoms with E-state index < -0.39 is 0 Å². The molecule has 2 aromatic carbocycles. The van der Waals surface area contributed by atoms with Gasteiger partial charge >= 0.3 is 0 Å². The molecule has 0 atom stereocenters. The lowest BCUT2D eigenvalue weighted by molar-refractivity contribution is -0.115. The van der Waals surface area contributed by atoms with E-state index in [2.05, 4.69) is 0 Å². The first-order chi connectivity index (χ1) is 16.6. The van der Waals surface area contributed by atoms with Crippen molar-refractivity contribution in [1.29, 1.82) is 0 Å². The molecule has 0 saturated heterocycles. The van der Waals surface area contributed by atoms with Gasteiger partial charge in [0.05, 0.1) is 23.4 Å². The summed E-state index contributed by atoms with van der Waals surface area (Å²) in [6.45, 7) is 2.51. The Morgan fingerprint density at radius 3 is 2.65 bits per heavy atom. The molecule has 4 aromatic rings. The smallest absolute Gasteiger partial charge is 0.267 e. The van der Waals surface area contributed by atoms with Crippen LogP contribution in [0.2, 0.25) is 0 Å². The van der Waals surface area contributed by atoms with Gasteiger partial charge < -0.3 is 9.64 Å². The van der Waals surface area contributed by atoms with Crippen molar-refractivity contribution >= 4 is 44.9 Å². The van der Waals surface area contributed by atoms with Crippen molar-refractivity contribution in [3.8, 4) is 11.4 Å². The number of para-hydroxylation sites is 1. The molecular formula is C26H25N3O3S2. The Morgan fingerprint density at radius 1 is 1.15 bits per heavy atom. The van der Waals surface area contributed by atoms with Gasteiger partial charge in [0.2, 0.25) is 5.91 Å². The van der Waals surface area contributed by atoms with Gasteiger partial charge in [0, 0.05) is 17.6 Å². The van der Waals surface area contributed by atoms with Gasteiger partial charge in [-0.15, -0.1) is 11.3 Å². The maximum Gasteiger partial charge on any atom is 0.267 e. The minimum atomic E-state index is -0.0695. The van der Waals surface area contributed by atoms with E-state index in [1.54, 1.807) is 27.9 Å². The molecule has 0 unspecified atom stereocenters. The number of hydrogen-bond acceptors (Lipinski definition) is 6. The van der Waals surface area contributed by atoms with Gasteiger partial charge in [-0.25, -0.2) is 4.98 Å². The van der Waals surface area contributed by atoms with Crippen LogP contribution in [0.3, 0.4) is 0 Å². The molecule has 0 N–H and O–H groups in total. The molecule has 8 heteroatoms. The maximum atomic E-state index is 13.8. The van der Waals surface area contributed by atoms with Crippen LogP contribution in [0, 0.1) is 0 Å². The molecule has 2 heterocycles. The minimum Gasteiger partial charge on any atom is -0.494 e. The van der Waals surface area contributed by atoms with E-state index in [1.165, 1.54) is 16.6 Å². The molecule has 0 spiro atoms. The van der Waals surface area contributed by atoms with Gasteiger partial charge in [-0.2, -0.15) is 0 Å². The van der Waals surface area contributed by atoms with Crippen molar-refractivity contribution in [2.24, 2.45) is 0 Å². The Hall–Kier alpha value is -3.10. The SMILES string of the molecule is CCOc1ccc(-n2c(SCC(=O)N(C)c3ccccc3)nc3sc4c(c3c2=O)CCC4)cc1.